The number of benzene rings is 2. The highest BCUT2D eigenvalue weighted by Crippen LogP contribution is 2.31. The quantitative estimate of drug-likeness (QED) is 0.654. The number of aromatic nitrogens is 1. The number of halogens is 2. The van der Waals surface area contributed by atoms with Gasteiger partial charge in [-0.15, -0.1) is 11.3 Å². The second-order valence-electron chi connectivity index (χ2n) is 5.44. The molecule has 0 atom stereocenters. The van der Waals surface area contributed by atoms with Crippen LogP contribution in [0.25, 0.3) is 11.3 Å². The van der Waals surface area contributed by atoms with E-state index >= 15 is 0 Å². The summed E-state index contributed by atoms with van der Waals surface area (Å²) in [5, 5.41) is 3.50. The number of anilines is 1. The standard InChI is InChI=1S/C19H16ClFN2OS/c1-2-16-18(12-7-4-3-5-8-12)23-19(25-16)22-17(24)11-13-14(20)9-6-10-15(13)21/h3-10H,2,11H2,1H3,(H,22,23,24). The van der Waals surface area contributed by atoms with Gasteiger partial charge in [-0.2, -0.15) is 0 Å². The lowest BCUT2D eigenvalue weighted by atomic mass is 10.1. The number of amides is 1. The summed E-state index contributed by atoms with van der Waals surface area (Å²) in [6.07, 6.45) is 0.685. The van der Waals surface area contributed by atoms with Crippen molar-refractivity contribution >= 4 is 34.0 Å². The van der Waals surface area contributed by atoms with E-state index in [0.717, 1.165) is 22.6 Å². The zero-order chi connectivity index (χ0) is 17.8. The number of nitrogens with one attached hydrogen (secondary N) is 1. The van der Waals surface area contributed by atoms with Crippen LogP contribution in [0.1, 0.15) is 17.4 Å². The maximum atomic E-state index is 13.8. The molecule has 128 valence electrons. The van der Waals surface area contributed by atoms with E-state index in [2.05, 4.69) is 10.3 Å². The number of hydrogen-bond acceptors (Lipinski definition) is 3. The first-order chi connectivity index (χ1) is 12.1. The van der Waals surface area contributed by atoms with Crippen molar-refractivity contribution in [2.24, 2.45) is 0 Å². The molecule has 0 saturated heterocycles. The van der Waals surface area contributed by atoms with Crippen molar-refractivity contribution in [1.82, 2.24) is 4.98 Å². The minimum absolute atomic E-state index is 0.132. The van der Waals surface area contributed by atoms with Crippen LogP contribution in [0.5, 0.6) is 0 Å². The molecule has 0 aliphatic rings. The molecule has 1 amide bonds. The Morgan fingerprint density at radius 3 is 2.64 bits per heavy atom. The van der Waals surface area contributed by atoms with Crippen molar-refractivity contribution in [2.45, 2.75) is 19.8 Å². The minimum atomic E-state index is -0.485. The predicted molar refractivity (Wildman–Crippen MR) is 101 cm³/mol. The van der Waals surface area contributed by atoms with E-state index < -0.39 is 5.82 Å². The van der Waals surface area contributed by atoms with Crippen molar-refractivity contribution in [3.63, 3.8) is 0 Å². The van der Waals surface area contributed by atoms with Gasteiger partial charge in [0.1, 0.15) is 5.82 Å². The molecule has 0 fully saturated rings. The Hall–Kier alpha value is -2.24. The van der Waals surface area contributed by atoms with Crippen LogP contribution < -0.4 is 5.32 Å². The van der Waals surface area contributed by atoms with Crippen molar-refractivity contribution in [3.8, 4) is 11.3 Å². The highest BCUT2D eigenvalue weighted by Gasteiger charge is 2.16. The number of carbonyl (C=O) groups is 1. The smallest absolute Gasteiger partial charge is 0.230 e. The van der Waals surface area contributed by atoms with Crippen LogP contribution in [0.15, 0.2) is 48.5 Å². The van der Waals surface area contributed by atoms with Gasteiger partial charge >= 0.3 is 0 Å². The highest BCUT2D eigenvalue weighted by atomic mass is 35.5. The SMILES string of the molecule is CCc1sc(NC(=O)Cc2c(F)cccc2Cl)nc1-c1ccccc1. The molecule has 6 heteroatoms. The van der Waals surface area contributed by atoms with Crippen LogP contribution in [0, 0.1) is 5.82 Å². The summed E-state index contributed by atoms with van der Waals surface area (Å²) in [6, 6.07) is 14.2. The van der Waals surface area contributed by atoms with E-state index in [4.69, 9.17) is 11.6 Å². The van der Waals surface area contributed by atoms with E-state index in [1.165, 1.54) is 23.5 Å². The number of carbonyl (C=O) groups excluding carboxylic acids is 1. The fourth-order valence-electron chi connectivity index (χ4n) is 2.49. The normalized spacial score (nSPS) is 10.7. The van der Waals surface area contributed by atoms with Crippen LogP contribution in [0.2, 0.25) is 5.02 Å². The van der Waals surface area contributed by atoms with Crippen LogP contribution in [-0.2, 0) is 17.6 Å². The molecule has 1 aromatic heterocycles. The first-order valence-corrected chi connectivity index (χ1v) is 9.05. The lowest BCUT2D eigenvalue weighted by molar-refractivity contribution is -0.115. The molecule has 3 rings (SSSR count). The molecule has 1 heterocycles. The molecule has 25 heavy (non-hydrogen) atoms. The Morgan fingerprint density at radius 1 is 1.20 bits per heavy atom. The summed E-state index contributed by atoms with van der Waals surface area (Å²) in [4.78, 5) is 17.9. The minimum Gasteiger partial charge on any atom is -0.302 e. The topological polar surface area (TPSA) is 42.0 Å². The van der Waals surface area contributed by atoms with E-state index in [-0.39, 0.29) is 22.9 Å². The molecule has 0 spiro atoms. The number of rotatable bonds is 5. The molecule has 2 aromatic carbocycles. The monoisotopic (exact) mass is 374 g/mol. The molecule has 0 aliphatic carbocycles. The van der Waals surface area contributed by atoms with Gasteiger partial charge in [-0.3, -0.25) is 4.79 Å². The summed E-state index contributed by atoms with van der Waals surface area (Å²) >= 11 is 7.41. The van der Waals surface area contributed by atoms with Crippen molar-refractivity contribution in [3.05, 3.63) is 69.8 Å². The fraction of sp³-hybridized carbons (Fsp3) is 0.158. The Morgan fingerprint density at radius 2 is 1.96 bits per heavy atom. The van der Waals surface area contributed by atoms with E-state index in [1.54, 1.807) is 6.07 Å². The van der Waals surface area contributed by atoms with Gasteiger partial charge in [-0.1, -0.05) is 54.9 Å². The predicted octanol–water partition coefficient (Wildman–Crippen LogP) is 5.35. The lowest BCUT2D eigenvalue weighted by Gasteiger charge is -2.05. The summed E-state index contributed by atoms with van der Waals surface area (Å²) in [6.45, 7) is 2.05. The first kappa shape index (κ1) is 17.6. The van der Waals surface area contributed by atoms with Crippen LogP contribution in [-0.4, -0.2) is 10.9 Å². The van der Waals surface area contributed by atoms with Crippen LogP contribution in [0.4, 0.5) is 9.52 Å². The summed E-state index contributed by atoms with van der Waals surface area (Å²) in [5.41, 5.74) is 2.07. The number of thiazole rings is 1. The summed E-state index contributed by atoms with van der Waals surface area (Å²) < 4.78 is 13.8. The van der Waals surface area contributed by atoms with E-state index in [9.17, 15) is 9.18 Å². The van der Waals surface area contributed by atoms with Gasteiger partial charge in [0.2, 0.25) is 5.91 Å². The molecular formula is C19H16ClFN2OS. The second-order valence-corrected chi connectivity index (χ2v) is 6.93. The maximum absolute atomic E-state index is 13.8. The summed E-state index contributed by atoms with van der Waals surface area (Å²) in [7, 11) is 0. The maximum Gasteiger partial charge on any atom is 0.230 e. The molecular weight excluding hydrogens is 359 g/mol. The van der Waals surface area contributed by atoms with Gasteiger partial charge < -0.3 is 5.32 Å². The Labute approximate surface area is 154 Å². The third-order valence-corrected chi connectivity index (χ3v) is 5.18. The van der Waals surface area contributed by atoms with E-state index in [1.807, 2.05) is 37.3 Å². The van der Waals surface area contributed by atoms with Gasteiger partial charge in [0.15, 0.2) is 5.13 Å². The van der Waals surface area contributed by atoms with Crippen LogP contribution >= 0.6 is 22.9 Å². The third kappa shape index (κ3) is 4.06. The number of hydrogen-bond donors (Lipinski definition) is 1. The second kappa shape index (κ2) is 7.76. The van der Waals surface area contributed by atoms with Crippen molar-refractivity contribution < 1.29 is 9.18 Å². The Kier molecular flexibility index (Phi) is 5.46. The summed E-state index contributed by atoms with van der Waals surface area (Å²) in [5.74, 6) is -0.830. The molecule has 3 aromatic rings. The van der Waals surface area contributed by atoms with Crippen molar-refractivity contribution in [2.75, 3.05) is 5.32 Å². The zero-order valence-corrected chi connectivity index (χ0v) is 15.1. The largest absolute Gasteiger partial charge is 0.302 e. The zero-order valence-electron chi connectivity index (χ0n) is 13.6. The van der Waals surface area contributed by atoms with Crippen LogP contribution in [0.3, 0.4) is 0 Å². The van der Waals surface area contributed by atoms with Gasteiger partial charge in [-0.25, -0.2) is 9.37 Å². The van der Waals surface area contributed by atoms with Gasteiger partial charge in [0.05, 0.1) is 12.1 Å². The Balaban J connectivity index is 1.79. The number of aryl methyl sites for hydroxylation is 1. The van der Waals surface area contributed by atoms with Crippen molar-refractivity contribution in [1.29, 1.82) is 0 Å². The number of nitrogens with zero attached hydrogens (tertiary/aromatic N) is 1. The fourth-order valence-corrected chi connectivity index (χ4v) is 3.66. The first-order valence-electron chi connectivity index (χ1n) is 7.86. The molecule has 0 unspecified atom stereocenters. The molecule has 0 radical (unpaired) electrons. The molecule has 0 bridgehead atoms. The average Bonchev–Trinajstić information content (AvgIpc) is 3.02. The van der Waals surface area contributed by atoms with E-state index in [0.29, 0.717) is 5.13 Å². The molecule has 3 nitrogen and oxygen atoms in total. The molecule has 0 saturated carbocycles. The third-order valence-electron chi connectivity index (χ3n) is 3.71. The Bertz CT molecular complexity index is 875. The van der Waals surface area contributed by atoms with Gasteiger partial charge in [0, 0.05) is 21.0 Å². The molecule has 0 aliphatic heterocycles. The lowest BCUT2D eigenvalue weighted by Crippen LogP contribution is -2.15. The van der Waals surface area contributed by atoms with Gasteiger partial charge in [0.25, 0.3) is 0 Å². The molecule has 1 N–H and O–H groups in total. The highest BCUT2D eigenvalue weighted by molar-refractivity contribution is 7.16. The average molecular weight is 375 g/mol. The van der Waals surface area contributed by atoms with Gasteiger partial charge in [-0.05, 0) is 18.6 Å².